The van der Waals surface area contributed by atoms with Crippen LogP contribution in [0.5, 0.6) is 0 Å². The average molecular weight is 886 g/mol. The maximum Gasteiger partial charge on any atom is 0.255 e. The quantitative estimate of drug-likeness (QED) is 0.0743. The van der Waals surface area contributed by atoms with Crippen LogP contribution in [0.2, 0.25) is 0 Å². The maximum atomic E-state index is 13.9. The number of carbonyl (C=O) groups is 3. The molecule has 4 aromatic rings. The molecule has 0 spiro atoms. The van der Waals surface area contributed by atoms with E-state index in [9.17, 15) is 22.8 Å². The summed E-state index contributed by atoms with van der Waals surface area (Å²) in [6.45, 7) is 10.1. The van der Waals surface area contributed by atoms with Crippen molar-refractivity contribution in [3.63, 3.8) is 0 Å². The predicted octanol–water partition coefficient (Wildman–Crippen LogP) is 5.26. The Morgan fingerprint density at radius 2 is 1.46 bits per heavy atom. The fourth-order valence-electron chi connectivity index (χ4n) is 7.31. The molecular weight excluding hydrogens is 823 g/mol. The molecule has 3 N–H and O–H groups in total. The summed E-state index contributed by atoms with van der Waals surface area (Å²) in [4.78, 5) is 51.7. The number of aryl methyl sites for hydroxylation is 1. The van der Waals surface area contributed by atoms with E-state index in [-0.39, 0.29) is 36.9 Å². The number of pyridine rings is 1. The van der Waals surface area contributed by atoms with E-state index in [1.807, 2.05) is 37.4 Å². The summed E-state index contributed by atoms with van der Waals surface area (Å²) in [6.07, 6.45) is 5.61. The number of hydrogen-bond donors (Lipinski definition) is 3. The molecule has 0 saturated heterocycles. The number of nitrogens with one attached hydrogen (secondary N) is 3. The number of sulfonamides is 1. The van der Waals surface area contributed by atoms with E-state index in [1.165, 1.54) is 5.56 Å². The van der Waals surface area contributed by atoms with Gasteiger partial charge in [-0.3, -0.25) is 19.4 Å². The van der Waals surface area contributed by atoms with Gasteiger partial charge in [-0.2, -0.15) is 0 Å². The highest BCUT2D eigenvalue weighted by Gasteiger charge is 2.23. The molecular formula is C47H63N7O8S. The molecule has 3 aromatic carbocycles. The van der Waals surface area contributed by atoms with Crippen molar-refractivity contribution in [2.45, 2.75) is 39.2 Å². The fourth-order valence-corrected chi connectivity index (χ4v) is 7.76. The minimum atomic E-state index is -3.22. The Hall–Kier alpha value is -5.23. The molecule has 16 heteroatoms. The smallest absolute Gasteiger partial charge is 0.255 e. The Bertz CT molecular complexity index is 2240. The molecule has 0 radical (unpaired) electrons. The Morgan fingerprint density at radius 1 is 0.762 bits per heavy atom. The number of carbonyl (C=O) groups excluding carboxylic acids is 3. The Kier molecular flexibility index (Phi) is 19.0. The van der Waals surface area contributed by atoms with Crippen LogP contribution < -0.4 is 20.3 Å². The van der Waals surface area contributed by atoms with Crippen molar-refractivity contribution in [3.8, 4) is 11.3 Å². The lowest BCUT2D eigenvalue weighted by Gasteiger charge is -2.26. The zero-order chi connectivity index (χ0) is 45.2. The van der Waals surface area contributed by atoms with Crippen LogP contribution >= 0.6 is 0 Å². The zero-order valence-corrected chi connectivity index (χ0v) is 38.0. The van der Waals surface area contributed by atoms with E-state index in [0.717, 1.165) is 49.9 Å². The largest absolute Gasteiger partial charge is 0.378 e. The number of aromatic nitrogens is 1. The Morgan fingerprint density at radius 3 is 2.21 bits per heavy atom. The number of nitrogens with zero attached hydrogens (tertiary/aromatic N) is 4. The molecule has 0 aliphatic heterocycles. The summed E-state index contributed by atoms with van der Waals surface area (Å²) in [5.74, 6) is -0.773. The minimum Gasteiger partial charge on any atom is -0.378 e. The van der Waals surface area contributed by atoms with Crippen LogP contribution in [0.4, 0.5) is 11.4 Å². The first-order chi connectivity index (χ1) is 30.4. The van der Waals surface area contributed by atoms with Gasteiger partial charge in [-0.1, -0.05) is 30.3 Å². The van der Waals surface area contributed by atoms with Crippen LogP contribution in [-0.4, -0.2) is 140 Å². The second-order valence-electron chi connectivity index (χ2n) is 15.5. The van der Waals surface area contributed by atoms with Gasteiger partial charge < -0.3 is 39.5 Å². The summed E-state index contributed by atoms with van der Waals surface area (Å²) in [7, 11) is 0.478. The Balaban J connectivity index is 1.14. The second-order valence-corrected chi connectivity index (χ2v) is 17.4. The van der Waals surface area contributed by atoms with Crippen LogP contribution in [0.25, 0.3) is 11.3 Å². The van der Waals surface area contributed by atoms with E-state index in [4.69, 9.17) is 14.2 Å². The molecule has 3 amide bonds. The molecule has 0 fully saturated rings. The van der Waals surface area contributed by atoms with Gasteiger partial charge in [0.1, 0.15) is 0 Å². The van der Waals surface area contributed by atoms with Crippen molar-refractivity contribution in [2.24, 2.45) is 0 Å². The SMILES string of the molecule is CCN(CC)c1ccc(NC(=O)c2cccc(C(=O)N(C)CCN(C)CCOCCOCCOCCNS(C)(=O)=O)c2)c(-c2cc(C(=O)N[C@H]3CCCc4ccccc43)ccn2)c1. The number of hydrogen-bond acceptors (Lipinski definition) is 11. The number of likely N-dealkylation sites (N-methyl/N-ethyl adjacent to an activating group) is 2. The third-order valence-corrected chi connectivity index (χ3v) is 11.6. The van der Waals surface area contributed by atoms with Gasteiger partial charge in [-0.05, 0) is 99.8 Å². The first-order valence-electron chi connectivity index (χ1n) is 21.6. The molecule has 5 rings (SSSR count). The molecule has 1 heterocycles. The molecule has 1 aromatic heterocycles. The van der Waals surface area contributed by atoms with Crippen molar-refractivity contribution in [1.29, 1.82) is 0 Å². The fraction of sp³-hybridized carbons (Fsp3) is 0.447. The van der Waals surface area contributed by atoms with Crippen LogP contribution in [0.3, 0.4) is 0 Å². The highest BCUT2D eigenvalue weighted by Crippen LogP contribution is 2.33. The van der Waals surface area contributed by atoms with Crippen molar-refractivity contribution < 1.29 is 37.0 Å². The lowest BCUT2D eigenvalue weighted by Crippen LogP contribution is -2.36. The first-order valence-corrected chi connectivity index (χ1v) is 23.5. The van der Waals surface area contributed by atoms with Gasteiger partial charge in [0.2, 0.25) is 10.0 Å². The molecule has 0 saturated carbocycles. The number of ether oxygens (including phenoxy) is 3. The zero-order valence-electron chi connectivity index (χ0n) is 37.2. The normalized spacial score (nSPS) is 13.7. The highest BCUT2D eigenvalue weighted by molar-refractivity contribution is 7.88. The van der Waals surface area contributed by atoms with E-state index in [1.54, 1.807) is 54.5 Å². The van der Waals surface area contributed by atoms with E-state index >= 15 is 0 Å². The molecule has 1 aliphatic carbocycles. The summed E-state index contributed by atoms with van der Waals surface area (Å²) >= 11 is 0. The van der Waals surface area contributed by atoms with Crippen molar-refractivity contribution in [1.82, 2.24) is 24.8 Å². The number of benzene rings is 3. The minimum absolute atomic E-state index is 0.0708. The molecule has 63 heavy (non-hydrogen) atoms. The van der Waals surface area contributed by atoms with Crippen molar-refractivity contribution in [3.05, 3.63) is 113 Å². The number of fused-ring (bicyclic) bond motifs is 1. The molecule has 1 aliphatic rings. The third kappa shape index (κ3) is 15.2. The van der Waals surface area contributed by atoms with Crippen LogP contribution in [0, 0.1) is 0 Å². The van der Waals surface area contributed by atoms with Gasteiger partial charge in [0.15, 0.2) is 0 Å². The van der Waals surface area contributed by atoms with Crippen molar-refractivity contribution >= 4 is 39.1 Å². The predicted molar refractivity (Wildman–Crippen MR) is 247 cm³/mol. The molecule has 0 bridgehead atoms. The van der Waals surface area contributed by atoms with Crippen LogP contribution in [0.1, 0.15) is 74.9 Å². The molecule has 15 nitrogen and oxygen atoms in total. The summed E-state index contributed by atoms with van der Waals surface area (Å²) in [5.41, 5.74) is 6.32. The molecule has 1 atom stereocenters. The topological polar surface area (TPSA) is 172 Å². The van der Waals surface area contributed by atoms with E-state index in [0.29, 0.717) is 86.3 Å². The summed E-state index contributed by atoms with van der Waals surface area (Å²) in [5, 5.41) is 6.31. The van der Waals surface area contributed by atoms with Gasteiger partial charge in [-0.15, -0.1) is 0 Å². The average Bonchev–Trinajstić information content (AvgIpc) is 3.28. The first kappa shape index (κ1) is 48.8. The van der Waals surface area contributed by atoms with Gasteiger partial charge in [0.25, 0.3) is 17.7 Å². The lowest BCUT2D eigenvalue weighted by molar-refractivity contribution is 0.0124. The third-order valence-electron chi connectivity index (χ3n) is 10.9. The highest BCUT2D eigenvalue weighted by atomic mass is 32.2. The van der Waals surface area contributed by atoms with Crippen LogP contribution in [-0.2, 0) is 30.7 Å². The lowest BCUT2D eigenvalue weighted by atomic mass is 9.87. The number of amides is 3. The summed E-state index contributed by atoms with van der Waals surface area (Å²) in [6, 6.07) is 24.2. The summed E-state index contributed by atoms with van der Waals surface area (Å²) < 4.78 is 40.9. The Labute approximate surface area is 372 Å². The standard InChI is InChI=1S/C47H63N7O8S/c1-6-54(7-2)39-18-19-43(41(34-39)44-33-37(20-21-48-44)46(56)50-42-17-11-13-35-12-8-9-16-40(35)42)51-45(55)36-14-10-15-38(32-36)47(57)53(4)24-23-52(3)25-27-61-29-31-62-30-28-60-26-22-49-63(5,58)59/h8-10,12,14-16,18-21,32-34,42,49H,6-7,11,13,17,22-31H2,1-5H3,(H,50,56)(H,51,55)/t42-/m0/s1. The number of anilines is 2. The number of rotatable bonds is 25. The second kappa shape index (κ2) is 24.6. The van der Waals surface area contributed by atoms with Crippen LogP contribution in [0.15, 0.2) is 85.1 Å². The van der Waals surface area contributed by atoms with E-state index < -0.39 is 10.0 Å². The maximum absolute atomic E-state index is 13.9. The monoisotopic (exact) mass is 885 g/mol. The van der Waals surface area contributed by atoms with Gasteiger partial charge in [-0.25, -0.2) is 13.1 Å². The van der Waals surface area contributed by atoms with Gasteiger partial charge >= 0.3 is 0 Å². The van der Waals surface area contributed by atoms with Gasteiger partial charge in [0, 0.05) is 80.5 Å². The molecule has 0 unspecified atom stereocenters. The van der Waals surface area contributed by atoms with Gasteiger partial charge in [0.05, 0.1) is 63.3 Å². The molecule has 340 valence electrons. The van der Waals surface area contributed by atoms with Crippen molar-refractivity contribution in [2.75, 3.05) is 109 Å². The van der Waals surface area contributed by atoms with E-state index in [2.05, 4.69) is 56.1 Å².